The summed E-state index contributed by atoms with van der Waals surface area (Å²) >= 11 is 0. The molecule has 8 heteroatoms. The number of amides is 1. The molecule has 3 heterocycles. The first-order valence-corrected chi connectivity index (χ1v) is 11.4. The average molecular weight is 475 g/mol. The van der Waals surface area contributed by atoms with Gasteiger partial charge in [-0.15, -0.1) is 0 Å². The van der Waals surface area contributed by atoms with Crippen LogP contribution in [0, 0.1) is 0 Å². The number of hydrogen-bond donors (Lipinski definition) is 0. The Morgan fingerprint density at radius 2 is 1.86 bits per heavy atom. The number of ketones is 1. The molecule has 0 aliphatic carbocycles. The van der Waals surface area contributed by atoms with Crippen LogP contribution < -0.4 is 19.6 Å². The van der Waals surface area contributed by atoms with E-state index in [9.17, 15) is 14.4 Å². The first kappa shape index (κ1) is 22.7. The van der Waals surface area contributed by atoms with Crippen LogP contribution in [0.1, 0.15) is 35.2 Å². The highest BCUT2D eigenvalue weighted by molar-refractivity contribution is 6.03. The minimum absolute atomic E-state index is 0.0477. The van der Waals surface area contributed by atoms with Gasteiger partial charge in [0.15, 0.2) is 11.2 Å². The minimum Gasteiger partial charge on any atom is -0.496 e. The lowest BCUT2D eigenvalue weighted by Gasteiger charge is -2.44. The summed E-state index contributed by atoms with van der Waals surface area (Å²) in [7, 11) is 3.05. The molecule has 5 rings (SSSR count). The molecule has 1 aromatic heterocycles. The van der Waals surface area contributed by atoms with Gasteiger partial charge in [-0.3, -0.25) is 14.4 Å². The summed E-state index contributed by atoms with van der Waals surface area (Å²) in [5, 5.41) is 0.467. The highest BCUT2D eigenvalue weighted by Crippen LogP contribution is 2.44. The largest absolute Gasteiger partial charge is 0.496 e. The normalized spacial score (nSPS) is 16.9. The van der Waals surface area contributed by atoms with Gasteiger partial charge in [-0.1, -0.05) is 12.1 Å². The van der Waals surface area contributed by atoms with Crippen LogP contribution in [0.25, 0.3) is 17.0 Å². The van der Waals surface area contributed by atoms with Crippen molar-refractivity contribution in [1.82, 2.24) is 4.90 Å². The maximum Gasteiger partial charge on any atom is 0.246 e. The Bertz CT molecular complexity index is 1400. The zero-order valence-corrected chi connectivity index (χ0v) is 19.5. The number of carbonyl (C=O) groups excluding carboxylic acids is 2. The number of carbonyl (C=O) groups is 2. The number of methoxy groups -OCH3 is 2. The van der Waals surface area contributed by atoms with E-state index in [0.717, 1.165) is 0 Å². The van der Waals surface area contributed by atoms with E-state index in [0.29, 0.717) is 65.3 Å². The summed E-state index contributed by atoms with van der Waals surface area (Å²) in [5.74, 6) is 1.16. The fourth-order valence-electron chi connectivity index (χ4n) is 4.74. The van der Waals surface area contributed by atoms with Crippen molar-refractivity contribution < 1.29 is 28.2 Å². The van der Waals surface area contributed by atoms with Gasteiger partial charge in [0.25, 0.3) is 0 Å². The van der Waals surface area contributed by atoms with Crippen LogP contribution in [-0.2, 0) is 4.79 Å². The summed E-state index contributed by atoms with van der Waals surface area (Å²) in [4.78, 5) is 40.2. The number of ether oxygens (including phenoxy) is 3. The summed E-state index contributed by atoms with van der Waals surface area (Å²) in [6.45, 7) is 0.860. The van der Waals surface area contributed by atoms with Crippen molar-refractivity contribution in [2.75, 3.05) is 27.3 Å². The highest BCUT2D eigenvalue weighted by Gasteiger charge is 2.44. The van der Waals surface area contributed by atoms with Crippen LogP contribution >= 0.6 is 0 Å². The second kappa shape index (κ2) is 8.94. The molecule has 2 aliphatic rings. The number of Topliss-reactive ketones (excluding diaryl/α,β-unsaturated/α-hetero) is 1. The molecule has 1 fully saturated rings. The molecule has 1 amide bonds. The second-order valence-electron chi connectivity index (χ2n) is 8.76. The topological polar surface area (TPSA) is 95.3 Å². The Hall–Kier alpha value is -4.07. The zero-order chi connectivity index (χ0) is 24.6. The van der Waals surface area contributed by atoms with E-state index in [1.54, 1.807) is 48.4 Å². The molecule has 0 radical (unpaired) electrons. The Morgan fingerprint density at radius 3 is 2.60 bits per heavy atom. The van der Waals surface area contributed by atoms with E-state index in [2.05, 4.69) is 0 Å². The molecule has 8 nitrogen and oxygen atoms in total. The average Bonchev–Trinajstić information content (AvgIpc) is 2.87. The van der Waals surface area contributed by atoms with Gasteiger partial charge in [0, 0.05) is 44.1 Å². The molecule has 1 saturated heterocycles. The quantitative estimate of drug-likeness (QED) is 0.529. The minimum atomic E-state index is -0.679. The Balaban J connectivity index is 1.29. The monoisotopic (exact) mass is 475 g/mol. The SMILES string of the molecule is COc1cc(OC)c2c(c1)OC1(CCN(C(=O)/C=C/c3coc4ccccc4c3=O)CC1)CC2=O. The third kappa shape index (κ3) is 4.16. The Kier molecular flexibility index (Phi) is 5.80. The number of piperidine rings is 1. The fourth-order valence-corrected chi connectivity index (χ4v) is 4.74. The lowest BCUT2D eigenvalue weighted by atomic mass is 9.82. The van der Waals surface area contributed by atoms with Crippen molar-refractivity contribution in [1.29, 1.82) is 0 Å². The summed E-state index contributed by atoms with van der Waals surface area (Å²) < 4.78 is 22.5. The van der Waals surface area contributed by atoms with Crippen LogP contribution in [-0.4, -0.2) is 49.5 Å². The van der Waals surface area contributed by atoms with E-state index in [4.69, 9.17) is 18.6 Å². The third-order valence-corrected chi connectivity index (χ3v) is 6.68. The second-order valence-corrected chi connectivity index (χ2v) is 8.76. The van der Waals surface area contributed by atoms with Crippen molar-refractivity contribution in [3.05, 3.63) is 70.1 Å². The first-order chi connectivity index (χ1) is 16.9. The molecule has 2 aliphatic heterocycles. The Morgan fingerprint density at radius 1 is 1.09 bits per heavy atom. The molecule has 180 valence electrons. The van der Waals surface area contributed by atoms with Gasteiger partial charge in [-0.25, -0.2) is 0 Å². The zero-order valence-electron chi connectivity index (χ0n) is 19.5. The molecule has 0 unspecified atom stereocenters. The van der Waals surface area contributed by atoms with Crippen LogP contribution in [0.2, 0.25) is 0 Å². The number of rotatable bonds is 4. The summed E-state index contributed by atoms with van der Waals surface area (Å²) in [6, 6.07) is 10.3. The van der Waals surface area contributed by atoms with Gasteiger partial charge in [-0.2, -0.15) is 0 Å². The molecular formula is C27H25NO7. The van der Waals surface area contributed by atoms with Crippen LogP contribution in [0.4, 0.5) is 0 Å². The maximum atomic E-state index is 13.0. The van der Waals surface area contributed by atoms with E-state index in [1.807, 2.05) is 0 Å². The fraction of sp³-hybridized carbons (Fsp3) is 0.296. The van der Waals surface area contributed by atoms with Crippen molar-refractivity contribution in [3.8, 4) is 17.2 Å². The number of hydrogen-bond acceptors (Lipinski definition) is 7. The van der Waals surface area contributed by atoms with Crippen molar-refractivity contribution >= 4 is 28.7 Å². The van der Waals surface area contributed by atoms with Gasteiger partial charge in [-0.05, 0) is 18.2 Å². The first-order valence-electron chi connectivity index (χ1n) is 11.4. The molecule has 2 aromatic carbocycles. The summed E-state index contributed by atoms with van der Waals surface area (Å²) in [6.07, 6.45) is 5.47. The van der Waals surface area contributed by atoms with Gasteiger partial charge in [0.2, 0.25) is 5.91 Å². The number of likely N-dealkylation sites (tertiary alicyclic amines) is 1. The standard InChI is InChI=1S/C27H25NO7/c1-32-18-13-22(33-2)25-20(29)15-27(35-23(25)14-18)9-11-28(12-10-27)24(30)8-7-17-16-34-21-6-4-3-5-19(21)26(17)31/h3-8,13-14,16H,9-12,15H2,1-2H3/b8-7+. The van der Waals surface area contributed by atoms with Gasteiger partial charge < -0.3 is 23.5 Å². The van der Waals surface area contributed by atoms with E-state index in [-0.39, 0.29) is 23.5 Å². The van der Waals surface area contributed by atoms with Crippen LogP contribution in [0.15, 0.2) is 57.9 Å². The van der Waals surface area contributed by atoms with Crippen molar-refractivity contribution in [2.45, 2.75) is 24.9 Å². The van der Waals surface area contributed by atoms with E-state index in [1.165, 1.54) is 25.5 Å². The number of nitrogens with zero attached hydrogens (tertiary/aromatic N) is 1. The van der Waals surface area contributed by atoms with E-state index >= 15 is 0 Å². The predicted molar refractivity (Wildman–Crippen MR) is 129 cm³/mol. The lowest BCUT2D eigenvalue weighted by Crippen LogP contribution is -2.52. The highest BCUT2D eigenvalue weighted by atomic mass is 16.5. The lowest BCUT2D eigenvalue weighted by molar-refractivity contribution is -0.129. The van der Waals surface area contributed by atoms with Gasteiger partial charge in [0.05, 0.1) is 31.6 Å². The van der Waals surface area contributed by atoms with E-state index < -0.39 is 5.60 Å². The molecule has 0 atom stereocenters. The van der Waals surface area contributed by atoms with Crippen LogP contribution in [0.3, 0.4) is 0 Å². The molecule has 0 N–H and O–H groups in total. The smallest absolute Gasteiger partial charge is 0.246 e. The number of para-hydroxylation sites is 1. The maximum absolute atomic E-state index is 13.0. The predicted octanol–water partition coefficient (Wildman–Crippen LogP) is 3.85. The molecule has 35 heavy (non-hydrogen) atoms. The Labute approximate surface area is 201 Å². The molecule has 0 bridgehead atoms. The van der Waals surface area contributed by atoms with Crippen LogP contribution in [0.5, 0.6) is 17.2 Å². The van der Waals surface area contributed by atoms with Crippen molar-refractivity contribution in [3.63, 3.8) is 0 Å². The summed E-state index contributed by atoms with van der Waals surface area (Å²) in [5.41, 5.74) is 0.371. The molecule has 3 aromatic rings. The third-order valence-electron chi connectivity index (χ3n) is 6.68. The number of benzene rings is 2. The van der Waals surface area contributed by atoms with Gasteiger partial charge >= 0.3 is 0 Å². The molecular weight excluding hydrogens is 450 g/mol. The molecule has 1 spiro atoms. The van der Waals surface area contributed by atoms with Crippen molar-refractivity contribution in [2.24, 2.45) is 0 Å². The van der Waals surface area contributed by atoms with Gasteiger partial charge in [0.1, 0.15) is 40.3 Å². The number of fused-ring (bicyclic) bond motifs is 2. The molecule has 0 saturated carbocycles.